The molecule has 0 spiro atoms. The number of ether oxygens (including phenoxy) is 2. The highest BCUT2D eigenvalue weighted by atomic mass is 32.2. The highest BCUT2D eigenvalue weighted by Gasteiger charge is 2.28. The minimum absolute atomic E-state index is 0.0360. The number of anilines is 1. The van der Waals surface area contributed by atoms with Crippen LogP contribution in [-0.4, -0.2) is 45.4 Å². The summed E-state index contributed by atoms with van der Waals surface area (Å²) in [5.74, 6) is 0.529. The Labute approximate surface area is 200 Å². The van der Waals surface area contributed by atoms with Crippen molar-refractivity contribution in [2.24, 2.45) is 0 Å². The minimum atomic E-state index is -3.58. The van der Waals surface area contributed by atoms with E-state index in [4.69, 9.17) is 14.7 Å². The van der Waals surface area contributed by atoms with Crippen LogP contribution in [0.1, 0.15) is 37.7 Å². The summed E-state index contributed by atoms with van der Waals surface area (Å²) in [6, 6.07) is 13.2. The maximum Gasteiger partial charge on any atom is 0.248 e. The molecule has 9 heteroatoms. The summed E-state index contributed by atoms with van der Waals surface area (Å²) < 4.78 is 37.9. The van der Waals surface area contributed by atoms with Gasteiger partial charge in [0.1, 0.15) is 6.07 Å². The van der Waals surface area contributed by atoms with Crippen LogP contribution in [0.25, 0.3) is 6.08 Å². The Balaban J connectivity index is 1.62. The number of methoxy groups -OCH3 is 1. The van der Waals surface area contributed by atoms with Gasteiger partial charge in [-0.3, -0.25) is 4.79 Å². The van der Waals surface area contributed by atoms with Crippen LogP contribution < -0.4 is 14.8 Å². The lowest BCUT2D eigenvalue weighted by Crippen LogP contribution is -2.38. The highest BCUT2D eigenvalue weighted by Crippen LogP contribution is 2.29. The third-order valence-electron chi connectivity index (χ3n) is 5.79. The van der Waals surface area contributed by atoms with Gasteiger partial charge in [0.05, 0.1) is 12.0 Å². The zero-order valence-corrected chi connectivity index (χ0v) is 20.2. The highest BCUT2D eigenvalue weighted by molar-refractivity contribution is 7.89. The Morgan fingerprint density at radius 2 is 1.85 bits per heavy atom. The third-order valence-corrected chi connectivity index (χ3v) is 7.72. The van der Waals surface area contributed by atoms with E-state index in [0.29, 0.717) is 22.7 Å². The van der Waals surface area contributed by atoms with E-state index < -0.39 is 10.0 Å². The molecule has 1 saturated carbocycles. The number of nitriles is 1. The summed E-state index contributed by atoms with van der Waals surface area (Å²) in [6.45, 7) is -0.0923. The van der Waals surface area contributed by atoms with Crippen molar-refractivity contribution in [3.8, 4) is 17.6 Å². The number of nitrogens with one attached hydrogen (secondary N) is 1. The Morgan fingerprint density at radius 3 is 2.50 bits per heavy atom. The van der Waals surface area contributed by atoms with Crippen LogP contribution in [0.4, 0.5) is 5.69 Å². The summed E-state index contributed by atoms with van der Waals surface area (Å²) in [7, 11) is -0.446. The Hall–Kier alpha value is -3.35. The molecule has 0 unspecified atom stereocenters. The van der Waals surface area contributed by atoms with Crippen LogP contribution in [-0.2, 0) is 14.8 Å². The van der Waals surface area contributed by atoms with Gasteiger partial charge in [-0.2, -0.15) is 9.57 Å². The first-order valence-corrected chi connectivity index (χ1v) is 12.5. The first-order chi connectivity index (χ1) is 16.3. The second kappa shape index (κ2) is 11.7. The number of amides is 1. The quantitative estimate of drug-likeness (QED) is 0.536. The van der Waals surface area contributed by atoms with E-state index >= 15 is 0 Å². The average Bonchev–Trinajstić information content (AvgIpc) is 2.86. The summed E-state index contributed by atoms with van der Waals surface area (Å²) >= 11 is 0. The fourth-order valence-electron chi connectivity index (χ4n) is 3.89. The number of nitrogens with zero attached hydrogens (tertiary/aromatic N) is 2. The number of hydrogen-bond acceptors (Lipinski definition) is 6. The van der Waals surface area contributed by atoms with Crippen molar-refractivity contribution in [2.75, 3.05) is 26.1 Å². The van der Waals surface area contributed by atoms with E-state index in [-0.39, 0.29) is 23.5 Å². The first-order valence-electron chi connectivity index (χ1n) is 11.1. The molecule has 0 radical (unpaired) electrons. The van der Waals surface area contributed by atoms with Gasteiger partial charge >= 0.3 is 0 Å². The number of carbonyl (C=O) groups excluding carboxylic acids is 1. The molecule has 0 aromatic heterocycles. The molecule has 0 saturated heterocycles. The van der Waals surface area contributed by atoms with Crippen molar-refractivity contribution < 1.29 is 22.7 Å². The van der Waals surface area contributed by atoms with Crippen LogP contribution in [0.2, 0.25) is 0 Å². The average molecular weight is 484 g/mol. The van der Waals surface area contributed by atoms with Crippen molar-refractivity contribution in [3.05, 3.63) is 54.1 Å². The standard InChI is InChI=1S/C25H29N3O5S/c1-28(21-6-4-3-5-7-21)34(30,31)22-12-10-20(11-13-22)27-25(29)15-9-19-8-14-23(33-17-16-26)24(18-19)32-2/h8-15,18,21H,3-7,17H2,1-2H3,(H,27,29)/b15-9+. The van der Waals surface area contributed by atoms with Crippen LogP contribution >= 0.6 is 0 Å². The lowest BCUT2D eigenvalue weighted by molar-refractivity contribution is -0.111. The van der Waals surface area contributed by atoms with Gasteiger partial charge in [-0.15, -0.1) is 0 Å². The lowest BCUT2D eigenvalue weighted by atomic mass is 9.96. The molecule has 34 heavy (non-hydrogen) atoms. The summed E-state index contributed by atoms with van der Waals surface area (Å²) in [4.78, 5) is 12.5. The normalized spacial score (nSPS) is 14.6. The zero-order chi connectivity index (χ0) is 24.6. The second-order valence-electron chi connectivity index (χ2n) is 8.02. The van der Waals surface area contributed by atoms with Gasteiger partial charge in [0, 0.05) is 24.9 Å². The Bertz CT molecular complexity index is 1160. The summed E-state index contributed by atoms with van der Waals surface area (Å²) in [5, 5.41) is 11.4. The number of hydrogen-bond donors (Lipinski definition) is 1. The molecule has 0 heterocycles. The number of benzene rings is 2. The van der Waals surface area contributed by atoms with Crippen LogP contribution in [0, 0.1) is 11.3 Å². The van der Waals surface area contributed by atoms with Crippen LogP contribution in [0.15, 0.2) is 53.4 Å². The SMILES string of the molecule is COc1cc(/C=C/C(=O)Nc2ccc(S(=O)(=O)N(C)C3CCCCC3)cc2)ccc1OCC#N. The van der Waals surface area contributed by atoms with Gasteiger partial charge in [0.25, 0.3) is 0 Å². The molecule has 1 aliphatic rings. The molecule has 1 aliphatic carbocycles. The molecular weight excluding hydrogens is 454 g/mol. The van der Waals surface area contributed by atoms with E-state index in [1.807, 2.05) is 6.07 Å². The van der Waals surface area contributed by atoms with Crippen molar-refractivity contribution in [1.29, 1.82) is 5.26 Å². The Morgan fingerprint density at radius 1 is 1.15 bits per heavy atom. The maximum absolute atomic E-state index is 13.0. The molecule has 3 rings (SSSR count). The largest absolute Gasteiger partial charge is 0.493 e. The van der Waals surface area contributed by atoms with Crippen LogP contribution in [0.5, 0.6) is 11.5 Å². The summed E-state index contributed by atoms with van der Waals surface area (Å²) in [5.41, 5.74) is 1.20. The molecule has 2 aromatic carbocycles. The molecule has 180 valence electrons. The van der Waals surface area contributed by atoms with Gasteiger partial charge in [0.15, 0.2) is 18.1 Å². The van der Waals surface area contributed by atoms with E-state index in [0.717, 1.165) is 32.1 Å². The fraction of sp³-hybridized carbons (Fsp3) is 0.360. The first kappa shape index (κ1) is 25.3. The molecule has 1 amide bonds. The van der Waals surface area contributed by atoms with E-state index in [1.54, 1.807) is 43.5 Å². The number of rotatable bonds is 9. The predicted octanol–water partition coefficient (Wildman–Crippen LogP) is 4.20. The molecule has 8 nitrogen and oxygen atoms in total. The molecule has 1 fully saturated rings. The van der Waals surface area contributed by atoms with Crippen LogP contribution in [0.3, 0.4) is 0 Å². The minimum Gasteiger partial charge on any atom is -0.493 e. The van der Waals surface area contributed by atoms with Crippen molar-refractivity contribution in [3.63, 3.8) is 0 Å². The van der Waals surface area contributed by atoms with Gasteiger partial charge in [-0.25, -0.2) is 8.42 Å². The molecular formula is C25H29N3O5S. The molecule has 2 aromatic rings. The second-order valence-corrected chi connectivity index (χ2v) is 10.0. The van der Waals surface area contributed by atoms with Gasteiger partial charge < -0.3 is 14.8 Å². The predicted molar refractivity (Wildman–Crippen MR) is 130 cm³/mol. The van der Waals surface area contributed by atoms with Crippen molar-refractivity contribution >= 4 is 27.7 Å². The smallest absolute Gasteiger partial charge is 0.248 e. The summed E-state index contributed by atoms with van der Waals surface area (Å²) in [6.07, 6.45) is 8.01. The van der Waals surface area contributed by atoms with Crippen molar-refractivity contribution in [1.82, 2.24) is 4.31 Å². The van der Waals surface area contributed by atoms with E-state index in [1.165, 1.54) is 29.6 Å². The van der Waals surface area contributed by atoms with E-state index in [2.05, 4.69) is 5.32 Å². The third kappa shape index (κ3) is 6.37. The Kier molecular flexibility index (Phi) is 8.68. The monoisotopic (exact) mass is 483 g/mol. The maximum atomic E-state index is 13.0. The van der Waals surface area contributed by atoms with E-state index in [9.17, 15) is 13.2 Å². The molecule has 0 bridgehead atoms. The molecule has 1 N–H and O–H groups in total. The van der Waals surface area contributed by atoms with Gasteiger partial charge in [-0.05, 0) is 60.9 Å². The molecule has 0 atom stereocenters. The molecule has 0 aliphatic heterocycles. The lowest BCUT2D eigenvalue weighted by Gasteiger charge is -2.30. The number of sulfonamides is 1. The van der Waals surface area contributed by atoms with Gasteiger partial charge in [-0.1, -0.05) is 25.3 Å². The fourth-order valence-corrected chi connectivity index (χ4v) is 5.31. The zero-order valence-electron chi connectivity index (χ0n) is 19.4. The van der Waals surface area contributed by atoms with Gasteiger partial charge in [0.2, 0.25) is 15.9 Å². The topological polar surface area (TPSA) is 109 Å². The number of carbonyl (C=O) groups is 1. The van der Waals surface area contributed by atoms with Crippen molar-refractivity contribution in [2.45, 2.75) is 43.0 Å².